The molecule has 0 aromatic heterocycles. The van der Waals surface area contributed by atoms with Gasteiger partial charge in [-0.15, -0.1) is 11.8 Å². The van der Waals surface area contributed by atoms with Crippen molar-refractivity contribution in [3.63, 3.8) is 0 Å². The predicted octanol–water partition coefficient (Wildman–Crippen LogP) is 1.80. The number of hydrogen-bond donors (Lipinski definition) is 2. The largest absolute Gasteiger partial charge is 0.333 e. The number of amides is 2. The second-order valence-electron chi connectivity index (χ2n) is 3.67. The lowest BCUT2D eigenvalue weighted by Gasteiger charge is -2.10. The Morgan fingerprint density at radius 3 is 1.59 bits per heavy atom. The molecule has 96 valence electrons. The maximum absolute atomic E-state index is 10.6. The van der Waals surface area contributed by atoms with Gasteiger partial charge in [0, 0.05) is 36.7 Å². The zero-order valence-corrected chi connectivity index (χ0v) is 11.5. The third kappa shape index (κ3) is 11.0. The van der Waals surface area contributed by atoms with Gasteiger partial charge < -0.3 is 10.6 Å². The van der Waals surface area contributed by atoms with E-state index in [0.717, 1.165) is 0 Å². The Hall–Kier alpha value is -1.23. The van der Waals surface area contributed by atoms with Gasteiger partial charge in [0.25, 0.3) is 0 Å². The summed E-state index contributed by atoms with van der Waals surface area (Å²) >= 11 is 1.73. The first-order valence-corrected chi connectivity index (χ1v) is 6.39. The molecule has 0 aromatic rings. The minimum atomic E-state index is -0.0722. The van der Waals surface area contributed by atoms with Crippen LogP contribution in [0, 0.1) is 0 Å². The van der Waals surface area contributed by atoms with Gasteiger partial charge in [0.15, 0.2) is 0 Å². The first-order valence-electron chi connectivity index (χ1n) is 5.45. The molecular formula is C12H20N2O2S. The van der Waals surface area contributed by atoms with Crippen LogP contribution in [0.25, 0.3) is 0 Å². The van der Waals surface area contributed by atoms with Crippen LogP contribution in [0.4, 0.5) is 0 Å². The highest BCUT2D eigenvalue weighted by atomic mass is 32.2. The Bertz CT molecular complexity index is 284. The van der Waals surface area contributed by atoms with Crippen LogP contribution in [0.5, 0.6) is 0 Å². The Labute approximate surface area is 107 Å². The third-order valence-electron chi connectivity index (χ3n) is 1.74. The molecule has 0 aromatic carbocycles. The summed E-state index contributed by atoms with van der Waals surface area (Å²) in [5.74, 6) is -0.144. The summed E-state index contributed by atoms with van der Waals surface area (Å²) in [7, 11) is 0. The molecule has 0 aliphatic rings. The van der Waals surface area contributed by atoms with E-state index in [0.29, 0.717) is 10.5 Å². The van der Waals surface area contributed by atoms with Crippen molar-refractivity contribution >= 4 is 23.6 Å². The Kier molecular flexibility index (Phi) is 8.23. The molecule has 0 fully saturated rings. The van der Waals surface area contributed by atoms with Crippen LogP contribution in [0.1, 0.15) is 27.7 Å². The summed E-state index contributed by atoms with van der Waals surface area (Å²) in [5.41, 5.74) is 0. The highest BCUT2D eigenvalue weighted by Gasteiger charge is 2.03. The Balaban J connectivity index is 3.90. The number of rotatable bonds is 6. The van der Waals surface area contributed by atoms with Gasteiger partial charge in [0.1, 0.15) is 0 Å². The van der Waals surface area contributed by atoms with Crippen LogP contribution >= 0.6 is 11.8 Å². The van der Waals surface area contributed by atoms with Crippen LogP contribution in [-0.4, -0.2) is 22.3 Å². The molecule has 0 saturated heterocycles. The lowest BCUT2D eigenvalue weighted by Crippen LogP contribution is -2.13. The van der Waals surface area contributed by atoms with Crippen molar-refractivity contribution in [1.29, 1.82) is 0 Å². The average molecular weight is 256 g/mol. The lowest BCUT2D eigenvalue weighted by molar-refractivity contribution is -0.118. The number of hydrogen-bond acceptors (Lipinski definition) is 3. The molecular weight excluding hydrogens is 236 g/mol. The highest BCUT2D eigenvalue weighted by Crippen LogP contribution is 2.18. The van der Waals surface area contributed by atoms with E-state index in [2.05, 4.69) is 10.6 Å². The minimum absolute atomic E-state index is 0.0722. The molecule has 0 saturated carbocycles. The summed E-state index contributed by atoms with van der Waals surface area (Å²) in [4.78, 5) is 21.3. The van der Waals surface area contributed by atoms with Crippen LogP contribution in [0.3, 0.4) is 0 Å². The molecule has 17 heavy (non-hydrogen) atoms. The molecule has 0 aliphatic heterocycles. The first-order chi connectivity index (χ1) is 7.91. The summed E-state index contributed by atoms with van der Waals surface area (Å²) in [6.07, 6.45) is 7.16. The van der Waals surface area contributed by atoms with Gasteiger partial charge >= 0.3 is 0 Å². The van der Waals surface area contributed by atoms with E-state index in [9.17, 15) is 9.59 Å². The summed E-state index contributed by atoms with van der Waals surface area (Å²) in [5, 5.41) is 5.78. The van der Waals surface area contributed by atoms with Gasteiger partial charge in [0.05, 0.1) is 0 Å². The average Bonchev–Trinajstić information content (AvgIpc) is 2.15. The van der Waals surface area contributed by atoms with Gasteiger partial charge in [-0.05, 0) is 13.8 Å². The van der Waals surface area contributed by atoms with Gasteiger partial charge in [-0.3, -0.25) is 9.59 Å². The zero-order chi connectivity index (χ0) is 13.3. The van der Waals surface area contributed by atoms with Crippen LogP contribution in [0.2, 0.25) is 0 Å². The predicted molar refractivity (Wildman–Crippen MR) is 72.4 cm³/mol. The second-order valence-corrected chi connectivity index (χ2v) is 5.42. The van der Waals surface area contributed by atoms with Crippen molar-refractivity contribution in [2.75, 3.05) is 0 Å². The maximum Gasteiger partial charge on any atom is 0.220 e. The highest BCUT2D eigenvalue weighted by molar-refractivity contribution is 8.00. The topological polar surface area (TPSA) is 58.2 Å². The number of nitrogens with one attached hydrogen (secondary N) is 2. The Morgan fingerprint density at radius 2 is 1.29 bits per heavy atom. The standard InChI is InChI=1S/C12H20N2O2S/c1-9(5-7-13-11(3)15)17-10(2)6-8-14-12(4)16/h5-10H,1-4H3,(H,13,15)(H,14,16). The molecule has 0 radical (unpaired) electrons. The smallest absolute Gasteiger partial charge is 0.220 e. The SMILES string of the molecule is CC(=O)NC=CC(C)SC(C)C=CNC(C)=O. The molecule has 0 bridgehead atoms. The van der Waals surface area contributed by atoms with E-state index >= 15 is 0 Å². The van der Waals surface area contributed by atoms with E-state index in [1.165, 1.54) is 13.8 Å². The maximum atomic E-state index is 10.6. The van der Waals surface area contributed by atoms with Gasteiger partial charge in [0.2, 0.25) is 11.8 Å². The summed E-state index contributed by atoms with van der Waals surface area (Å²) < 4.78 is 0. The zero-order valence-electron chi connectivity index (χ0n) is 10.7. The van der Waals surface area contributed by atoms with E-state index in [1.54, 1.807) is 24.2 Å². The number of carbonyl (C=O) groups excluding carboxylic acids is 2. The monoisotopic (exact) mass is 256 g/mol. The van der Waals surface area contributed by atoms with Gasteiger partial charge in [-0.2, -0.15) is 0 Å². The Morgan fingerprint density at radius 1 is 0.941 bits per heavy atom. The first kappa shape index (κ1) is 15.8. The van der Waals surface area contributed by atoms with Crippen molar-refractivity contribution in [3.05, 3.63) is 24.6 Å². The normalized spacial score (nSPS) is 14.8. The lowest BCUT2D eigenvalue weighted by atomic mass is 10.4. The van der Waals surface area contributed by atoms with E-state index < -0.39 is 0 Å². The van der Waals surface area contributed by atoms with Gasteiger partial charge in [-0.25, -0.2) is 0 Å². The van der Waals surface area contributed by atoms with E-state index in [-0.39, 0.29) is 11.8 Å². The molecule has 2 N–H and O–H groups in total. The fourth-order valence-corrected chi connectivity index (χ4v) is 2.05. The van der Waals surface area contributed by atoms with Crippen LogP contribution < -0.4 is 10.6 Å². The second kappa shape index (κ2) is 8.87. The molecule has 0 spiro atoms. The number of thioether (sulfide) groups is 1. The van der Waals surface area contributed by atoms with E-state index in [4.69, 9.17) is 0 Å². The van der Waals surface area contributed by atoms with Crippen molar-refractivity contribution in [2.45, 2.75) is 38.2 Å². The molecule has 4 nitrogen and oxygen atoms in total. The van der Waals surface area contributed by atoms with Crippen molar-refractivity contribution in [2.24, 2.45) is 0 Å². The summed E-state index contributed by atoms with van der Waals surface area (Å²) in [6, 6.07) is 0. The van der Waals surface area contributed by atoms with Gasteiger partial charge in [-0.1, -0.05) is 12.2 Å². The third-order valence-corrected chi connectivity index (χ3v) is 2.91. The fourth-order valence-electron chi connectivity index (χ4n) is 1.03. The van der Waals surface area contributed by atoms with E-state index in [1.807, 2.05) is 26.0 Å². The molecule has 0 heterocycles. The molecule has 5 heteroatoms. The molecule has 2 atom stereocenters. The quantitative estimate of drug-likeness (QED) is 0.762. The van der Waals surface area contributed by atoms with Crippen LogP contribution in [0.15, 0.2) is 24.6 Å². The molecule has 0 aliphatic carbocycles. The molecule has 2 amide bonds. The minimum Gasteiger partial charge on any atom is -0.333 e. The van der Waals surface area contributed by atoms with Crippen molar-refractivity contribution < 1.29 is 9.59 Å². The van der Waals surface area contributed by atoms with Crippen LogP contribution in [-0.2, 0) is 9.59 Å². The molecule has 0 rings (SSSR count). The van der Waals surface area contributed by atoms with Crippen molar-refractivity contribution in [3.8, 4) is 0 Å². The number of carbonyl (C=O) groups is 2. The fraction of sp³-hybridized carbons (Fsp3) is 0.500. The summed E-state index contributed by atoms with van der Waals surface area (Å²) in [6.45, 7) is 7.04. The van der Waals surface area contributed by atoms with Crippen molar-refractivity contribution in [1.82, 2.24) is 10.6 Å². The molecule has 2 unspecified atom stereocenters.